The predicted molar refractivity (Wildman–Crippen MR) is 177 cm³/mol. The van der Waals surface area contributed by atoms with Crippen LogP contribution < -0.4 is 21.1 Å². The first-order valence-corrected chi connectivity index (χ1v) is 16.7. The second-order valence-corrected chi connectivity index (χ2v) is 13.7. The number of fused-ring (bicyclic) bond motifs is 2. The van der Waals surface area contributed by atoms with E-state index in [4.69, 9.17) is 37.5 Å². The summed E-state index contributed by atoms with van der Waals surface area (Å²) in [6.45, 7) is 1.19. The zero-order chi connectivity index (χ0) is 36.8. The molecule has 51 heavy (non-hydrogen) atoms. The van der Waals surface area contributed by atoms with Gasteiger partial charge in [0, 0.05) is 56.9 Å². The van der Waals surface area contributed by atoms with Crippen molar-refractivity contribution in [1.29, 1.82) is 0 Å². The molecule has 0 spiro atoms. The number of carbonyl (C=O) groups excluding carboxylic acids is 1. The zero-order valence-corrected chi connectivity index (χ0v) is 28.7. The van der Waals surface area contributed by atoms with Gasteiger partial charge in [0.05, 0.1) is 52.5 Å². The third-order valence-corrected chi connectivity index (χ3v) is 10.2. The highest BCUT2D eigenvalue weighted by atomic mass is 35.5. The van der Waals surface area contributed by atoms with Crippen molar-refractivity contribution in [2.45, 2.75) is 56.5 Å². The van der Waals surface area contributed by atoms with E-state index in [1.54, 1.807) is 4.90 Å². The Bertz CT molecular complexity index is 1820. The number of benzene rings is 1. The Hall–Kier alpha value is -4.09. The predicted octanol–water partition coefficient (Wildman–Crippen LogP) is 4.95. The first-order valence-electron chi connectivity index (χ1n) is 16.3. The molecule has 1 aromatic heterocycles. The molecule has 276 valence electrons. The molecule has 1 amide bonds. The van der Waals surface area contributed by atoms with Gasteiger partial charge in [0.1, 0.15) is 18.1 Å². The Labute approximate surface area is 294 Å². The van der Waals surface area contributed by atoms with Crippen molar-refractivity contribution >= 4 is 34.7 Å². The molecule has 18 heteroatoms. The van der Waals surface area contributed by atoms with Crippen LogP contribution in [0.25, 0.3) is 0 Å². The maximum Gasteiger partial charge on any atom is 0.416 e. The van der Waals surface area contributed by atoms with Crippen molar-refractivity contribution in [2.75, 3.05) is 64.1 Å². The third kappa shape index (κ3) is 7.20. The van der Waals surface area contributed by atoms with Gasteiger partial charge in [-0.2, -0.15) is 31.9 Å². The summed E-state index contributed by atoms with van der Waals surface area (Å²) < 4.78 is 96.9. The number of hydrogen-bond donors (Lipinski definition) is 2. The summed E-state index contributed by atoms with van der Waals surface area (Å²) in [5.74, 6) is -1.45. The van der Waals surface area contributed by atoms with Crippen LogP contribution in [0.1, 0.15) is 54.2 Å². The van der Waals surface area contributed by atoms with Crippen LogP contribution >= 0.6 is 11.6 Å². The number of halogens is 7. The summed E-state index contributed by atoms with van der Waals surface area (Å²) in [6, 6.07) is 1.43. The fourth-order valence-corrected chi connectivity index (χ4v) is 7.37. The van der Waals surface area contributed by atoms with Crippen molar-refractivity contribution in [3.8, 4) is 6.01 Å². The topological polar surface area (TPSA) is 135 Å². The summed E-state index contributed by atoms with van der Waals surface area (Å²) in [4.78, 5) is 31.4. The molecule has 11 nitrogen and oxygen atoms in total. The molecule has 4 N–H and O–H groups in total. The van der Waals surface area contributed by atoms with E-state index >= 15 is 4.39 Å². The van der Waals surface area contributed by atoms with E-state index in [9.17, 15) is 26.7 Å². The molecular weight excluding hydrogens is 706 g/mol. The molecule has 0 unspecified atom stereocenters. The minimum atomic E-state index is -4.90. The minimum absolute atomic E-state index is 0.0194. The van der Waals surface area contributed by atoms with Crippen molar-refractivity contribution in [2.24, 2.45) is 10.7 Å². The summed E-state index contributed by atoms with van der Waals surface area (Å²) >= 11 is 6.59. The number of aliphatic imine (C=N–C) groups is 1. The molecule has 2 saturated heterocycles. The number of anilines is 2. The average Bonchev–Trinajstić information content (AvgIpc) is 3.54. The number of nitrogens with zero attached hydrogens (tertiary/aromatic N) is 6. The fourth-order valence-electron chi connectivity index (χ4n) is 7.17. The number of rotatable bonds is 7. The number of likely N-dealkylation sites (N-methyl/N-ethyl adjacent to an activating group) is 1. The monoisotopic (exact) mass is 742 g/mol. The highest BCUT2D eigenvalue weighted by Gasteiger charge is 2.48. The van der Waals surface area contributed by atoms with Crippen molar-refractivity contribution < 1.29 is 40.6 Å². The van der Waals surface area contributed by atoms with Crippen LogP contribution in [0.3, 0.4) is 0 Å². The molecule has 2 aromatic rings. The standard InChI is InChI=1S/C33H37ClF6N8O3/c1-46(2)30(49)27(42)25(34)22-14-47(9-4-8-43-22)29-18-15-50-23(24-19(33(38,39)40)5-6-20(41)26(24)35)11-21(18)44-31(45-29)51-16-32-7-3-10-48(32)13-17(12-32)28(36)37/h5-6,23H,3-4,7-16,41-42H2,1-2H3/b27-25+/t23-,32-/m0/s1. The van der Waals surface area contributed by atoms with E-state index in [1.807, 2.05) is 4.90 Å². The second kappa shape index (κ2) is 14.1. The van der Waals surface area contributed by atoms with E-state index in [1.165, 1.54) is 19.0 Å². The van der Waals surface area contributed by atoms with Crippen LogP contribution in [0.5, 0.6) is 6.01 Å². The Balaban J connectivity index is 1.39. The molecule has 6 rings (SSSR count). The number of ether oxygens (including phenoxy) is 2. The summed E-state index contributed by atoms with van der Waals surface area (Å²) in [6.07, 6.45) is -6.28. The smallest absolute Gasteiger partial charge is 0.416 e. The van der Waals surface area contributed by atoms with E-state index in [2.05, 4.69) is 9.98 Å². The second-order valence-electron chi connectivity index (χ2n) is 13.3. The lowest BCUT2D eigenvalue weighted by atomic mass is 9.93. The Morgan fingerprint density at radius 1 is 1.18 bits per heavy atom. The lowest BCUT2D eigenvalue weighted by molar-refractivity contribution is -0.140. The van der Waals surface area contributed by atoms with Gasteiger partial charge in [0.15, 0.2) is 5.82 Å². The Morgan fingerprint density at radius 2 is 1.94 bits per heavy atom. The molecule has 4 aliphatic rings. The minimum Gasteiger partial charge on any atom is -0.461 e. The number of carbonyl (C=O) groups is 1. The maximum atomic E-state index is 15.3. The van der Waals surface area contributed by atoms with E-state index in [0.29, 0.717) is 55.6 Å². The quantitative estimate of drug-likeness (QED) is 0.230. The van der Waals surface area contributed by atoms with Gasteiger partial charge in [-0.15, -0.1) is 0 Å². The van der Waals surface area contributed by atoms with E-state index in [-0.39, 0.29) is 67.2 Å². The molecule has 0 radical (unpaired) electrons. The van der Waals surface area contributed by atoms with Crippen molar-refractivity contribution in [3.63, 3.8) is 0 Å². The van der Waals surface area contributed by atoms with Gasteiger partial charge in [-0.05, 0) is 44.4 Å². The average molecular weight is 743 g/mol. The van der Waals surface area contributed by atoms with E-state index < -0.39 is 52.4 Å². The molecule has 2 atom stereocenters. The van der Waals surface area contributed by atoms with Crippen LogP contribution in [0.15, 0.2) is 39.5 Å². The van der Waals surface area contributed by atoms with Crippen LogP contribution in [-0.4, -0.2) is 90.4 Å². The first kappa shape index (κ1) is 36.7. The fraction of sp³-hybridized carbons (Fsp3) is 0.515. The van der Waals surface area contributed by atoms with Crippen molar-refractivity contribution in [1.82, 2.24) is 19.8 Å². The SMILES string of the molecule is CN(C)C(=O)/C(N)=C(\Cl)C1=NCCCN(c2nc(OC[C@@]34CCCN3CC(=C(F)F)C4)nc3c2CO[C@H](c2c(C(F)(F)F)ccc(N)c2F)C3)C1. The largest absolute Gasteiger partial charge is 0.461 e. The number of nitrogens with two attached hydrogens (primary N) is 2. The highest BCUT2D eigenvalue weighted by molar-refractivity contribution is 6.45. The summed E-state index contributed by atoms with van der Waals surface area (Å²) in [5.41, 5.74) is 9.46. The molecule has 0 bridgehead atoms. The van der Waals surface area contributed by atoms with Crippen LogP contribution in [0, 0.1) is 5.82 Å². The van der Waals surface area contributed by atoms with Gasteiger partial charge in [-0.3, -0.25) is 14.7 Å². The van der Waals surface area contributed by atoms with Gasteiger partial charge in [0.25, 0.3) is 12.0 Å². The molecule has 4 aliphatic heterocycles. The zero-order valence-electron chi connectivity index (χ0n) is 27.9. The number of hydrogen-bond acceptors (Lipinski definition) is 10. The van der Waals surface area contributed by atoms with Gasteiger partial charge in [-0.1, -0.05) is 11.6 Å². The van der Waals surface area contributed by atoms with Gasteiger partial charge < -0.3 is 30.7 Å². The normalized spacial score (nSPS) is 22.9. The summed E-state index contributed by atoms with van der Waals surface area (Å²) in [5, 5.41) is -0.0428. The van der Waals surface area contributed by atoms with Gasteiger partial charge in [0.2, 0.25) is 0 Å². The van der Waals surface area contributed by atoms with Crippen LogP contribution in [0.4, 0.5) is 37.8 Å². The molecule has 2 fully saturated rings. The van der Waals surface area contributed by atoms with Crippen molar-refractivity contribution in [3.05, 3.63) is 62.7 Å². The molecule has 5 heterocycles. The van der Waals surface area contributed by atoms with E-state index in [0.717, 1.165) is 12.5 Å². The Morgan fingerprint density at radius 3 is 2.65 bits per heavy atom. The highest BCUT2D eigenvalue weighted by Crippen LogP contribution is 2.45. The molecular formula is C33H37ClF6N8O3. The van der Waals surface area contributed by atoms with Gasteiger partial charge in [-0.25, -0.2) is 4.39 Å². The maximum absolute atomic E-state index is 15.3. The summed E-state index contributed by atoms with van der Waals surface area (Å²) in [7, 11) is 3.05. The number of amides is 1. The number of alkyl halides is 3. The number of aromatic nitrogens is 2. The molecule has 1 aromatic carbocycles. The third-order valence-electron chi connectivity index (χ3n) is 9.75. The van der Waals surface area contributed by atoms with Crippen LogP contribution in [0.2, 0.25) is 0 Å². The first-order chi connectivity index (χ1) is 24.1. The lowest BCUT2D eigenvalue weighted by Gasteiger charge is -2.33. The lowest BCUT2D eigenvalue weighted by Crippen LogP contribution is -2.43. The molecule has 0 aliphatic carbocycles. The molecule has 0 saturated carbocycles. The Kier molecular flexibility index (Phi) is 10.2. The van der Waals surface area contributed by atoms with Gasteiger partial charge >= 0.3 is 12.2 Å². The van der Waals surface area contributed by atoms with Crippen LogP contribution in [-0.2, 0) is 28.7 Å². The number of nitrogen functional groups attached to an aromatic ring is 1.